The molecule has 1 aliphatic rings. The van der Waals surface area contributed by atoms with Gasteiger partial charge in [0, 0.05) is 36.7 Å². The Bertz CT molecular complexity index is 414. The maximum Gasteiger partial charge on any atom is 0.128 e. The first-order chi connectivity index (χ1) is 9.13. The molecule has 4 nitrogen and oxygen atoms in total. The number of piperazine rings is 1. The standard InChI is InChI=1S/C14H21BrN2O2/c1-10-8-17(5-4-16-10)9-12-13(18-2)6-11(15)7-14(12)19-3/h6-7,10,16H,4-5,8-9H2,1-3H3. The van der Waals surface area contributed by atoms with Crippen LogP contribution in [0.25, 0.3) is 0 Å². The van der Waals surface area contributed by atoms with Crippen LogP contribution in [-0.2, 0) is 6.54 Å². The van der Waals surface area contributed by atoms with Crippen LogP contribution in [0.4, 0.5) is 0 Å². The molecular formula is C14H21BrN2O2. The van der Waals surface area contributed by atoms with E-state index in [1.807, 2.05) is 12.1 Å². The fraction of sp³-hybridized carbons (Fsp3) is 0.571. The predicted octanol–water partition coefficient (Wildman–Crippen LogP) is 2.26. The molecule has 1 N–H and O–H groups in total. The van der Waals surface area contributed by atoms with E-state index in [0.717, 1.165) is 47.7 Å². The first kappa shape index (κ1) is 14.6. The molecule has 1 saturated heterocycles. The number of rotatable bonds is 4. The van der Waals surface area contributed by atoms with Gasteiger partial charge in [-0.15, -0.1) is 0 Å². The fourth-order valence-corrected chi connectivity index (χ4v) is 2.90. The monoisotopic (exact) mass is 328 g/mol. The van der Waals surface area contributed by atoms with Crippen LogP contribution in [-0.4, -0.2) is 44.8 Å². The molecule has 19 heavy (non-hydrogen) atoms. The highest BCUT2D eigenvalue weighted by Gasteiger charge is 2.20. The van der Waals surface area contributed by atoms with Gasteiger partial charge in [0.1, 0.15) is 11.5 Å². The quantitative estimate of drug-likeness (QED) is 0.919. The summed E-state index contributed by atoms with van der Waals surface area (Å²) in [7, 11) is 3.40. The van der Waals surface area contributed by atoms with Gasteiger partial charge in [0.2, 0.25) is 0 Å². The molecule has 0 aromatic heterocycles. The smallest absolute Gasteiger partial charge is 0.128 e. The van der Waals surface area contributed by atoms with E-state index in [2.05, 4.69) is 33.1 Å². The summed E-state index contributed by atoms with van der Waals surface area (Å²) in [5.74, 6) is 1.75. The maximum atomic E-state index is 5.48. The molecule has 1 fully saturated rings. The Morgan fingerprint density at radius 3 is 2.47 bits per heavy atom. The Kier molecular flexibility index (Phi) is 5.07. The fourth-order valence-electron chi connectivity index (χ4n) is 2.49. The van der Waals surface area contributed by atoms with Crippen LogP contribution >= 0.6 is 15.9 Å². The molecule has 5 heteroatoms. The third kappa shape index (κ3) is 3.61. The largest absolute Gasteiger partial charge is 0.496 e. The zero-order valence-corrected chi connectivity index (χ0v) is 13.3. The molecule has 1 heterocycles. The second-order valence-corrected chi connectivity index (χ2v) is 5.79. The van der Waals surface area contributed by atoms with E-state index in [0.29, 0.717) is 6.04 Å². The minimum Gasteiger partial charge on any atom is -0.496 e. The molecule has 0 aliphatic carbocycles. The Balaban J connectivity index is 2.22. The SMILES string of the molecule is COc1cc(Br)cc(OC)c1CN1CCNC(C)C1. The van der Waals surface area contributed by atoms with Gasteiger partial charge in [-0.25, -0.2) is 0 Å². The van der Waals surface area contributed by atoms with Crippen molar-refractivity contribution in [3.8, 4) is 11.5 Å². The number of hydrogen-bond donors (Lipinski definition) is 1. The number of ether oxygens (including phenoxy) is 2. The van der Waals surface area contributed by atoms with Crippen molar-refractivity contribution in [2.45, 2.75) is 19.5 Å². The zero-order valence-electron chi connectivity index (χ0n) is 11.7. The van der Waals surface area contributed by atoms with Crippen molar-refractivity contribution in [3.63, 3.8) is 0 Å². The highest BCUT2D eigenvalue weighted by Crippen LogP contribution is 2.34. The zero-order chi connectivity index (χ0) is 13.8. The van der Waals surface area contributed by atoms with Crippen molar-refractivity contribution in [1.29, 1.82) is 0 Å². The molecule has 1 aromatic rings. The van der Waals surface area contributed by atoms with Gasteiger partial charge in [0.15, 0.2) is 0 Å². The lowest BCUT2D eigenvalue weighted by atomic mass is 10.1. The summed E-state index contributed by atoms with van der Waals surface area (Å²) in [5, 5.41) is 3.45. The summed E-state index contributed by atoms with van der Waals surface area (Å²) in [6.07, 6.45) is 0. The number of halogens is 1. The average Bonchev–Trinajstić information content (AvgIpc) is 2.40. The maximum absolute atomic E-state index is 5.48. The summed E-state index contributed by atoms with van der Waals surface area (Å²) in [5.41, 5.74) is 1.11. The second kappa shape index (κ2) is 6.59. The van der Waals surface area contributed by atoms with Gasteiger partial charge in [0.05, 0.1) is 19.8 Å². The summed E-state index contributed by atoms with van der Waals surface area (Å²) in [6.45, 7) is 6.19. The summed E-state index contributed by atoms with van der Waals surface area (Å²) >= 11 is 3.48. The van der Waals surface area contributed by atoms with E-state index < -0.39 is 0 Å². The molecule has 0 spiro atoms. The number of benzene rings is 1. The Morgan fingerprint density at radius 1 is 1.32 bits per heavy atom. The molecule has 0 amide bonds. The van der Waals surface area contributed by atoms with E-state index in [1.165, 1.54) is 0 Å². The Labute approximate surface area is 123 Å². The first-order valence-electron chi connectivity index (χ1n) is 6.50. The second-order valence-electron chi connectivity index (χ2n) is 4.88. The molecule has 0 radical (unpaired) electrons. The molecule has 1 atom stereocenters. The van der Waals surface area contributed by atoms with Crippen molar-refractivity contribution in [2.24, 2.45) is 0 Å². The van der Waals surface area contributed by atoms with Gasteiger partial charge in [-0.2, -0.15) is 0 Å². The molecule has 2 rings (SSSR count). The van der Waals surface area contributed by atoms with Crippen molar-refractivity contribution >= 4 is 15.9 Å². The minimum atomic E-state index is 0.529. The number of nitrogens with zero attached hydrogens (tertiary/aromatic N) is 1. The van der Waals surface area contributed by atoms with Crippen molar-refractivity contribution in [1.82, 2.24) is 10.2 Å². The Hall–Kier alpha value is -0.780. The van der Waals surface area contributed by atoms with Crippen LogP contribution in [0.3, 0.4) is 0 Å². The molecule has 1 aromatic carbocycles. The summed E-state index contributed by atoms with van der Waals surface area (Å²) < 4.78 is 11.9. The molecular weight excluding hydrogens is 308 g/mol. The summed E-state index contributed by atoms with van der Waals surface area (Å²) in [4.78, 5) is 2.43. The minimum absolute atomic E-state index is 0.529. The molecule has 0 bridgehead atoms. The van der Waals surface area contributed by atoms with Gasteiger partial charge < -0.3 is 14.8 Å². The van der Waals surface area contributed by atoms with Gasteiger partial charge in [-0.05, 0) is 19.1 Å². The molecule has 1 unspecified atom stereocenters. The number of hydrogen-bond acceptors (Lipinski definition) is 4. The van der Waals surface area contributed by atoms with E-state index in [1.54, 1.807) is 14.2 Å². The van der Waals surface area contributed by atoms with Crippen LogP contribution < -0.4 is 14.8 Å². The van der Waals surface area contributed by atoms with Crippen LogP contribution in [0, 0.1) is 0 Å². The van der Waals surface area contributed by atoms with E-state index >= 15 is 0 Å². The molecule has 0 saturated carbocycles. The van der Waals surface area contributed by atoms with Crippen LogP contribution in [0.15, 0.2) is 16.6 Å². The topological polar surface area (TPSA) is 33.7 Å². The lowest BCUT2D eigenvalue weighted by Gasteiger charge is -2.32. The van der Waals surface area contributed by atoms with Crippen molar-refractivity contribution in [2.75, 3.05) is 33.9 Å². The molecule has 106 valence electrons. The highest BCUT2D eigenvalue weighted by molar-refractivity contribution is 9.10. The van der Waals surface area contributed by atoms with E-state index in [-0.39, 0.29) is 0 Å². The van der Waals surface area contributed by atoms with Crippen LogP contribution in [0.2, 0.25) is 0 Å². The average molecular weight is 329 g/mol. The van der Waals surface area contributed by atoms with Crippen molar-refractivity contribution in [3.05, 3.63) is 22.2 Å². The Morgan fingerprint density at radius 2 is 1.95 bits per heavy atom. The first-order valence-corrected chi connectivity index (χ1v) is 7.29. The van der Waals surface area contributed by atoms with Crippen LogP contribution in [0.1, 0.15) is 12.5 Å². The third-order valence-corrected chi connectivity index (χ3v) is 3.87. The number of nitrogens with one attached hydrogen (secondary N) is 1. The van der Waals surface area contributed by atoms with Gasteiger partial charge in [0.25, 0.3) is 0 Å². The predicted molar refractivity (Wildman–Crippen MR) is 80.0 cm³/mol. The van der Waals surface area contributed by atoms with Gasteiger partial charge in [-0.3, -0.25) is 4.90 Å². The van der Waals surface area contributed by atoms with Gasteiger partial charge in [-0.1, -0.05) is 15.9 Å². The lowest BCUT2D eigenvalue weighted by Crippen LogP contribution is -2.48. The van der Waals surface area contributed by atoms with Crippen LogP contribution in [0.5, 0.6) is 11.5 Å². The highest BCUT2D eigenvalue weighted by atomic mass is 79.9. The van der Waals surface area contributed by atoms with Gasteiger partial charge >= 0.3 is 0 Å². The number of methoxy groups -OCH3 is 2. The normalized spacial score (nSPS) is 20.3. The van der Waals surface area contributed by atoms with E-state index in [4.69, 9.17) is 9.47 Å². The van der Waals surface area contributed by atoms with Crippen molar-refractivity contribution < 1.29 is 9.47 Å². The summed E-state index contributed by atoms with van der Waals surface area (Å²) in [6, 6.07) is 4.51. The third-order valence-electron chi connectivity index (χ3n) is 3.41. The molecule has 1 aliphatic heterocycles. The lowest BCUT2D eigenvalue weighted by molar-refractivity contribution is 0.195. The van der Waals surface area contributed by atoms with E-state index in [9.17, 15) is 0 Å².